The smallest absolute Gasteiger partial charge is 0.200 e. The highest BCUT2D eigenvalue weighted by atomic mass is 35.5. The van der Waals surface area contributed by atoms with Crippen LogP contribution in [0.3, 0.4) is 0 Å². The van der Waals surface area contributed by atoms with Gasteiger partial charge in [0.1, 0.15) is 18.6 Å². The Labute approximate surface area is 185 Å². The quantitative estimate of drug-likeness (QED) is 0.361. The Balaban J connectivity index is 1.30. The Morgan fingerprint density at radius 3 is 2.68 bits per heavy atom. The number of ether oxygens (including phenoxy) is 2. The molecule has 4 rings (SSSR count). The van der Waals surface area contributed by atoms with Crippen LogP contribution in [0.1, 0.15) is 18.4 Å². The number of rotatable bonds is 9. The number of carbonyl (C=O) groups excluding carboxylic acids is 1. The third-order valence-electron chi connectivity index (χ3n) is 5.44. The van der Waals surface area contributed by atoms with Gasteiger partial charge in [0.05, 0.1) is 23.1 Å². The van der Waals surface area contributed by atoms with Gasteiger partial charge < -0.3 is 23.6 Å². The molecule has 162 valence electrons. The zero-order valence-corrected chi connectivity index (χ0v) is 18.0. The van der Waals surface area contributed by atoms with E-state index in [-0.39, 0.29) is 17.5 Å². The summed E-state index contributed by atoms with van der Waals surface area (Å²) in [5, 5.41) is 0.882. The van der Waals surface area contributed by atoms with Crippen LogP contribution in [0, 0.1) is 5.92 Å². The first-order valence-electron chi connectivity index (χ1n) is 10.3. The van der Waals surface area contributed by atoms with Crippen molar-refractivity contribution in [2.75, 3.05) is 25.2 Å². The third kappa shape index (κ3) is 5.09. The van der Waals surface area contributed by atoms with Gasteiger partial charge in [0.25, 0.3) is 0 Å². The molecule has 0 spiro atoms. The highest BCUT2D eigenvalue weighted by Crippen LogP contribution is 2.28. The molecule has 0 bridgehead atoms. The molecule has 2 aromatic carbocycles. The molecule has 6 nitrogen and oxygen atoms in total. The highest BCUT2D eigenvalue weighted by Gasteiger charge is 2.29. The Bertz CT molecular complexity index is 1110. The summed E-state index contributed by atoms with van der Waals surface area (Å²) in [5.41, 5.74) is 1.32. The molecule has 0 N–H and O–H groups in total. The number of hydrogen-bond donors (Lipinski definition) is 0. The molecule has 7 heteroatoms. The molecule has 3 aromatic rings. The molecule has 1 aliphatic rings. The lowest BCUT2D eigenvalue weighted by Gasteiger charge is -2.31. The third-order valence-corrected chi connectivity index (χ3v) is 5.74. The molecular formula is C24H24ClNO5. The maximum atomic E-state index is 12.4. The number of fused-ring (bicyclic) bond motifs is 1. The standard InChI is InChI=1S/C24H24ClNO5/c1-26(23-13-22(28)20-3-2-4-21(25)24(20)31-23)14-16-5-7-18(8-6-16)29-9-10-30-19-11-17(12-19)15-27/h2-8,13,15,17,19H,9-12,14H2,1H3. The molecule has 0 atom stereocenters. The fourth-order valence-electron chi connectivity index (χ4n) is 3.59. The number of hydrogen-bond acceptors (Lipinski definition) is 6. The van der Waals surface area contributed by atoms with Crippen molar-refractivity contribution < 1.29 is 18.7 Å². The number of para-hydroxylation sites is 1. The summed E-state index contributed by atoms with van der Waals surface area (Å²) in [6, 6.07) is 14.4. The lowest BCUT2D eigenvalue weighted by Crippen LogP contribution is -2.33. The van der Waals surface area contributed by atoms with Gasteiger partial charge >= 0.3 is 0 Å². The van der Waals surface area contributed by atoms with E-state index in [1.165, 1.54) is 6.07 Å². The first-order valence-corrected chi connectivity index (χ1v) is 10.6. The van der Waals surface area contributed by atoms with Gasteiger partial charge in [-0.05, 0) is 42.7 Å². The minimum Gasteiger partial charge on any atom is -0.491 e. The van der Waals surface area contributed by atoms with Crippen molar-refractivity contribution in [3.8, 4) is 5.75 Å². The van der Waals surface area contributed by atoms with Crippen molar-refractivity contribution in [1.82, 2.24) is 0 Å². The van der Waals surface area contributed by atoms with Crippen molar-refractivity contribution in [3.63, 3.8) is 0 Å². The Hall–Kier alpha value is -2.83. The predicted molar refractivity (Wildman–Crippen MR) is 120 cm³/mol. The fourth-order valence-corrected chi connectivity index (χ4v) is 3.80. The minimum absolute atomic E-state index is 0.125. The molecular weight excluding hydrogens is 418 g/mol. The first kappa shape index (κ1) is 21.4. The normalized spacial score (nSPS) is 17.9. The number of nitrogens with zero attached hydrogens (tertiary/aromatic N) is 1. The molecule has 0 amide bonds. The van der Waals surface area contributed by atoms with Gasteiger partial charge in [-0.2, -0.15) is 0 Å². The van der Waals surface area contributed by atoms with Crippen LogP contribution < -0.4 is 15.1 Å². The summed E-state index contributed by atoms with van der Waals surface area (Å²) in [4.78, 5) is 24.8. The second-order valence-corrected chi connectivity index (χ2v) is 8.18. The molecule has 1 aliphatic carbocycles. The van der Waals surface area contributed by atoms with Crippen molar-refractivity contribution in [1.29, 1.82) is 0 Å². The SMILES string of the molecule is CN(Cc1ccc(OCCOC2CC(C=O)C2)cc1)c1cc(=O)c2cccc(Cl)c2o1. The van der Waals surface area contributed by atoms with Crippen LogP contribution in [-0.4, -0.2) is 32.7 Å². The predicted octanol–water partition coefficient (Wildman–Crippen LogP) is 4.46. The van der Waals surface area contributed by atoms with Crippen LogP contribution in [0.5, 0.6) is 5.75 Å². The molecule has 1 heterocycles. The highest BCUT2D eigenvalue weighted by molar-refractivity contribution is 6.34. The number of halogens is 1. The van der Waals surface area contributed by atoms with Gasteiger partial charge in [0, 0.05) is 25.6 Å². The molecule has 1 saturated carbocycles. The Morgan fingerprint density at radius 2 is 1.94 bits per heavy atom. The van der Waals surface area contributed by atoms with Crippen LogP contribution in [0.15, 0.2) is 57.7 Å². The number of carbonyl (C=O) groups is 1. The van der Waals surface area contributed by atoms with Gasteiger partial charge in [0.2, 0.25) is 0 Å². The van der Waals surface area contributed by atoms with E-state index in [9.17, 15) is 9.59 Å². The lowest BCUT2D eigenvalue weighted by molar-refractivity contribution is -0.119. The van der Waals surface area contributed by atoms with Crippen molar-refractivity contribution in [3.05, 3.63) is 69.3 Å². The summed E-state index contributed by atoms with van der Waals surface area (Å²) < 4.78 is 17.3. The Morgan fingerprint density at radius 1 is 1.16 bits per heavy atom. The number of benzene rings is 2. The zero-order chi connectivity index (χ0) is 21.8. The van der Waals surface area contributed by atoms with Gasteiger partial charge in [-0.1, -0.05) is 29.8 Å². The van der Waals surface area contributed by atoms with Crippen LogP contribution >= 0.6 is 11.6 Å². The van der Waals surface area contributed by atoms with Crippen LogP contribution in [-0.2, 0) is 16.1 Å². The molecule has 0 saturated heterocycles. The second-order valence-electron chi connectivity index (χ2n) is 7.77. The van der Waals surface area contributed by atoms with Crippen LogP contribution in [0.2, 0.25) is 5.02 Å². The van der Waals surface area contributed by atoms with E-state index < -0.39 is 0 Å². The summed E-state index contributed by atoms with van der Waals surface area (Å²) in [6.07, 6.45) is 2.81. The number of aldehydes is 1. The summed E-state index contributed by atoms with van der Waals surface area (Å²) >= 11 is 6.19. The topological polar surface area (TPSA) is 69.0 Å². The van der Waals surface area contributed by atoms with E-state index in [1.807, 2.05) is 36.2 Å². The van der Waals surface area contributed by atoms with E-state index >= 15 is 0 Å². The lowest BCUT2D eigenvalue weighted by atomic mass is 9.83. The summed E-state index contributed by atoms with van der Waals surface area (Å²) in [6.45, 7) is 1.52. The number of anilines is 1. The molecule has 31 heavy (non-hydrogen) atoms. The van der Waals surface area contributed by atoms with Crippen LogP contribution in [0.4, 0.5) is 5.88 Å². The average Bonchev–Trinajstić information content (AvgIpc) is 2.74. The summed E-state index contributed by atoms with van der Waals surface area (Å²) in [5.74, 6) is 1.38. The monoisotopic (exact) mass is 441 g/mol. The van der Waals surface area contributed by atoms with E-state index in [0.717, 1.165) is 30.4 Å². The van der Waals surface area contributed by atoms with E-state index in [0.29, 0.717) is 41.6 Å². The van der Waals surface area contributed by atoms with Crippen LogP contribution in [0.25, 0.3) is 11.0 Å². The van der Waals surface area contributed by atoms with Crippen molar-refractivity contribution in [2.45, 2.75) is 25.5 Å². The van der Waals surface area contributed by atoms with E-state index in [4.69, 9.17) is 25.5 Å². The van der Waals surface area contributed by atoms with Gasteiger partial charge in [-0.3, -0.25) is 4.79 Å². The maximum absolute atomic E-state index is 12.4. The Kier molecular flexibility index (Phi) is 6.59. The van der Waals surface area contributed by atoms with Gasteiger partial charge in [-0.25, -0.2) is 0 Å². The van der Waals surface area contributed by atoms with E-state index in [1.54, 1.807) is 18.2 Å². The minimum atomic E-state index is -0.125. The summed E-state index contributed by atoms with van der Waals surface area (Å²) in [7, 11) is 1.86. The molecule has 0 aliphatic heterocycles. The second kappa shape index (κ2) is 9.54. The largest absolute Gasteiger partial charge is 0.491 e. The zero-order valence-electron chi connectivity index (χ0n) is 17.3. The maximum Gasteiger partial charge on any atom is 0.200 e. The molecule has 0 radical (unpaired) electrons. The van der Waals surface area contributed by atoms with Crippen molar-refractivity contribution >= 4 is 34.7 Å². The molecule has 1 aromatic heterocycles. The van der Waals surface area contributed by atoms with Gasteiger partial charge in [0.15, 0.2) is 16.9 Å². The van der Waals surface area contributed by atoms with Crippen molar-refractivity contribution in [2.24, 2.45) is 5.92 Å². The van der Waals surface area contributed by atoms with Gasteiger partial charge in [-0.15, -0.1) is 0 Å². The average molecular weight is 442 g/mol. The fraction of sp³-hybridized carbons (Fsp3) is 0.333. The molecule has 1 fully saturated rings. The first-order chi connectivity index (χ1) is 15.0. The molecule has 0 unspecified atom stereocenters. The van der Waals surface area contributed by atoms with E-state index in [2.05, 4.69) is 0 Å².